The predicted molar refractivity (Wildman–Crippen MR) is 59.8 cm³/mol. The van der Waals surface area contributed by atoms with Crippen molar-refractivity contribution in [1.82, 2.24) is 15.1 Å². The van der Waals surface area contributed by atoms with Crippen LogP contribution in [0.1, 0.15) is 12.8 Å². The van der Waals surface area contributed by atoms with E-state index in [2.05, 4.69) is 5.32 Å². The predicted octanol–water partition coefficient (Wildman–Crippen LogP) is -0.713. The molecule has 5 heteroatoms. The van der Waals surface area contributed by atoms with Crippen molar-refractivity contribution in [2.75, 3.05) is 39.8 Å². The molecule has 0 atom stereocenters. The van der Waals surface area contributed by atoms with Gasteiger partial charge in [0, 0.05) is 26.7 Å². The first-order valence-corrected chi connectivity index (χ1v) is 5.93. The molecule has 2 aliphatic rings. The summed E-state index contributed by atoms with van der Waals surface area (Å²) in [6.07, 6.45) is 2.21. The number of rotatable bonds is 2. The number of carbonyl (C=O) groups excluding carboxylic acids is 2. The summed E-state index contributed by atoms with van der Waals surface area (Å²) < 4.78 is 0. The molecule has 0 unspecified atom stereocenters. The average Bonchev–Trinajstić information content (AvgIpc) is 2.31. The molecule has 0 saturated carbocycles. The van der Waals surface area contributed by atoms with E-state index in [-0.39, 0.29) is 11.8 Å². The molecule has 1 N–H and O–H groups in total. The van der Waals surface area contributed by atoms with Crippen LogP contribution in [-0.4, -0.2) is 61.4 Å². The summed E-state index contributed by atoms with van der Waals surface area (Å²) in [6.45, 7) is 4.15. The molecule has 2 rings (SSSR count). The van der Waals surface area contributed by atoms with E-state index in [9.17, 15) is 9.59 Å². The number of nitrogens with zero attached hydrogens (tertiary/aromatic N) is 2. The molecule has 16 heavy (non-hydrogen) atoms. The minimum absolute atomic E-state index is 0.327. The Morgan fingerprint density at radius 2 is 1.88 bits per heavy atom. The fraction of sp³-hybridized carbons (Fsp3) is 0.818. The molecule has 0 aromatic carbocycles. The smallest absolute Gasteiger partial charge is 0.312 e. The van der Waals surface area contributed by atoms with Crippen LogP contribution in [0.4, 0.5) is 0 Å². The highest BCUT2D eigenvalue weighted by molar-refractivity contribution is 6.35. The third-order valence-corrected chi connectivity index (χ3v) is 3.46. The van der Waals surface area contributed by atoms with Crippen LogP contribution in [0, 0.1) is 5.92 Å². The van der Waals surface area contributed by atoms with Crippen LogP contribution in [0.5, 0.6) is 0 Å². The molecule has 2 heterocycles. The molecule has 2 saturated heterocycles. The summed E-state index contributed by atoms with van der Waals surface area (Å²) >= 11 is 0. The van der Waals surface area contributed by atoms with Gasteiger partial charge in [-0.2, -0.15) is 0 Å². The Labute approximate surface area is 95.8 Å². The van der Waals surface area contributed by atoms with E-state index < -0.39 is 0 Å². The van der Waals surface area contributed by atoms with Gasteiger partial charge in [0.15, 0.2) is 0 Å². The van der Waals surface area contributed by atoms with Crippen molar-refractivity contribution in [2.45, 2.75) is 12.8 Å². The van der Waals surface area contributed by atoms with Crippen LogP contribution < -0.4 is 5.32 Å². The zero-order chi connectivity index (χ0) is 11.5. The van der Waals surface area contributed by atoms with Crippen molar-refractivity contribution >= 4 is 11.8 Å². The highest BCUT2D eigenvalue weighted by Gasteiger charge is 2.31. The maximum atomic E-state index is 11.7. The van der Waals surface area contributed by atoms with Gasteiger partial charge in [-0.25, -0.2) is 0 Å². The zero-order valence-electron chi connectivity index (χ0n) is 9.74. The third-order valence-electron chi connectivity index (χ3n) is 3.46. The number of piperazine rings is 1. The van der Waals surface area contributed by atoms with Crippen LogP contribution in [0.3, 0.4) is 0 Å². The van der Waals surface area contributed by atoms with Crippen molar-refractivity contribution in [1.29, 1.82) is 0 Å². The van der Waals surface area contributed by atoms with E-state index in [1.165, 1.54) is 4.90 Å². The van der Waals surface area contributed by atoms with E-state index in [1.807, 2.05) is 0 Å². The molecule has 0 aliphatic carbocycles. The SMILES string of the molecule is CN1CCN(CC2CCNCC2)C(=O)C1=O. The largest absolute Gasteiger partial charge is 0.336 e. The molecule has 0 bridgehead atoms. The van der Waals surface area contributed by atoms with Crippen LogP contribution in [-0.2, 0) is 9.59 Å². The number of nitrogens with one attached hydrogen (secondary N) is 1. The number of amides is 2. The molecule has 0 spiro atoms. The van der Waals surface area contributed by atoms with Gasteiger partial charge in [-0.1, -0.05) is 0 Å². The Balaban J connectivity index is 1.89. The molecular formula is C11H19N3O2. The van der Waals surface area contributed by atoms with Crippen molar-refractivity contribution in [3.63, 3.8) is 0 Å². The van der Waals surface area contributed by atoms with Crippen molar-refractivity contribution in [3.05, 3.63) is 0 Å². The summed E-state index contributed by atoms with van der Waals surface area (Å²) in [5.74, 6) is -0.131. The Morgan fingerprint density at radius 1 is 1.19 bits per heavy atom. The molecule has 0 radical (unpaired) electrons. The Hall–Kier alpha value is -1.10. The molecule has 2 fully saturated rings. The van der Waals surface area contributed by atoms with Crippen molar-refractivity contribution in [2.24, 2.45) is 5.92 Å². The summed E-state index contributed by atoms with van der Waals surface area (Å²) in [6, 6.07) is 0. The van der Waals surface area contributed by atoms with E-state index >= 15 is 0 Å². The van der Waals surface area contributed by atoms with E-state index in [1.54, 1.807) is 11.9 Å². The van der Waals surface area contributed by atoms with Crippen LogP contribution in [0.2, 0.25) is 0 Å². The van der Waals surface area contributed by atoms with Gasteiger partial charge < -0.3 is 15.1 Å². The zero-order valence-corrected chi connectivity index (χ0v) is 9.74. The molecule has 0 aromatic heterocycles. The van der Waals surface area contributed by atoms with E-state index in [0.29, 0.717) is 19.0 Å². The summed E-state index contributed by atoms with van der Waals surface area (Å²) in [7, 11) is 1.68. The second-order valence-electron chi connectivity index (χ2n) is 4.67. The lowest BCUT2D eigenvalue weighted by molar-refractivity contribution is -0.155. The number of carbonyl (C=O) groups is 2. The van der Waals surface area contributed by atoms with Gasteiger partial charge in [-0.15, -0.1) is 0 Å². The average molecular weight is 225 g/mol. The number of piperidine rings is 1. The standard InChI is InChI=1S/C11H19N3O2/c1-13-6-7-14(11(16)10(13)15)8-9-2-4-12-5-3-9/h9,12H,2-8H2,1H3. The lowest BCUT2D eigenvalue weighted by atomic mass is 9.97. The van der Waals surface area contributed by atoms with Gasteiger partial charge in [-0.3, -0.25) is 9.59 Å². The van der Waals surface area contributed by atoms with E-state index in [0.717, 1.165) is 32.5 Å². The molecule has 2 amide bonds. The monoisotopic (exact) mass is 225 g/mol. The second-order valence-corrected chi connectivity index (χ2v) is 4.67. The van der Waals surface area contributed by atoms with Crippen molar-refractivity contribution in [3.8, 4) is 0 Å². The van der Waals surface area contributed by atoms with Gasteiger partial charge in [0.05, 0.1) is 0 Å². The molecule has 0 aromatic rings. The minimum Gasteiger partial charge on any atom is -0.336 e. The lowest BCUT2D eigenvalue weighted by Crippen LogP contribution is -2.54. The van der Waals surface area contributed by atoms with Crippen LogP contribution in [0.15, 0.2) is 0 Å². The number of likely N-dealkylation sites (N-methyl/N-ethyl adjacent to an activating group) is 1. The maximum absolute atomic E-state index is 11.7. The fourth-order valence-electron chi connectivity index (χ4n) is 2.32. The lowest BCUT2D eigenvalue weighted by Gasteiger charge is -2.35. The first-order valence-electron chi connectivity index (χ1n) is 5.93. The van der Waals surface area contributed by atoms with Crippen LogP contribution in [0.25, 0.3) is 0 Å². The third kappa shape index (κ3) is 2.35. The molecule has 5 nitrogen and oxygen atoms in total. The second kappa shape index (κ2) is 4.82. The highest BCUT2D eigenvalue weighted by atomic mass is 16.2. The Bertz CT molecular complexity index is 287. The first kappa shape index (κ1) is 11.4. The number of hydrogen-bond donors (Lipinski definition) is 1. The van der Waals surface area contributed by atoms with Gasteiger partial charge >= 0.3 is 11.8 Å². The maximum Gasteiger partial charge on any atom is 0.312 e. The minimum atomic E-state index is -0.361. The van der Waals surface area contributed by atoms with Crippen LogP contribution >= 0.6 is 0 Å². The normalized spacial score (nSPS) is 24.1. The van der Waals surface area contributed by atoms with Gasteiger partial charge in [-0.05, 0) is 31.8 Å². The van der Waals surface area contributed by atoms with Gasteiger partial charge in [0.2, 0.25) is 0 Å². The van der Waals surface area contributed by atoms with E-state index in [4.69, 9.17) is 0 Å². The molecule has 90 valence electrons. The first-order chi connectivity index (χ1) is 7.68. The number of hydrogen-bond acceptors (Lipinski definition) is 3. The quantitative estimate of drug-likeness (QED) is 0.631. The van der Waals surface area contributed by atoms with Gasteiger partial charge in [0.25, 0.3) is 0 Å². The topological polar surface area (TPSA) is 52.6 Å². The summed E-state index contributed by atoms with van der Waals surface area (Å²) in [4.78, 5) is 26.4. The van der Waals surface area contributed by atoms with Crippen molar-refractivity contribution < 1.29 is 9.59 Å². The highest BCUT2D eigenvalue weighted by Crippen LogP contribution is 2.15. The Kier molecular flexibility index (Phi) is 3.43. The molecule has 2 aliphatic heterocycles. The summed E-state index contributed by atoms with van der Waals surface area (Å²) in [5.41, 5.74) is 0. The molecular weight excluding hydrogens is 206 g/mol. The summed E-state index contributed by atoms with van der Waals surface area (Å²) in [5, 5.41) is 3.30. The fourth-order valence-corrected chi connectivity index (χ4v) is 2.32. The van der Waals surface area contributed by atoms with Gasteiger partial charge in [0.1, 0.15) is 0 Å². The Morgan fingerprint density at radius 3 is 2.56 bits per heavy atom.